The van der Waals surface area contributed by atoms with Crippen LogP contribution in [-0.4, -0.2) is 55.7 Å². The number of rotatable bonds is 5. The van der Waals surface area contributed by atoms with E-state index in [2.05, 4.69) is 24.3 Å². The number of hydrogen-bond acceptors (Lipinski definition) is 4. The molecule has 0 bridgehead atoms. The molecule has 1 aliphatic heterocycles. The van der Waals surface area contributed by atoms with Gasteiger partial charge >= 0.3 is 0 Å². The fourth-order valence-corrected chi connectivity index (χ4v) is 3.25. The largest absolute Gasteiger partial charge is 0.364 e. The van der Waals surface area contributed by atoms with Crippen LogP contribution in [0.3, 0.4) is 0 Å². The van der Waals surface area contributed by atoms with Gasteiger partial charge < -0.3 is 20.7 Å². The first-order chi connectivity index (χ1) is 9.07. The second kappa shape index (κ2) is 9.16. The van der Waals surface area contributed by atoms with Crippen LogP contribution in [0.1, 0.15) is 38.5 Å². The summed E-state index contributed by atoms with van der Waals surface area (Å²) in [6.45, 7) is 1.23. The number of nitrogens with two attached hydrogens (primary N) is 1. The molecule has 0 unspecified atom stereocenters. The maximum atomic E-state index is 12.1. The molecule has 0 radical (unpaired) electrons. The molecule has 0 aromatic rings. The van der Waals surface area contributed by atoms with Crippen LogP contribution in [0.2, 0.25) is 0 Å². The van der Waals surface area contributed by atoms with Crippen LogP contribution in [0.25, 0.3) is 0 Å². The lowest BCUT2D eigenvalue weighted by molar-refractivity contribution is -0.132. The van der Waals surface area contributed by atoms with Crippen molar-refractivity contribution < 1.29 is 9.53 Å². The maximum absolute atomic E-state index is 12.1. The third kappa shape index (κ3) is 4.96. The summed E-state index contributed by atoms with van der Waals surface area (Å²) in [6, 6.07) is 0. The van der Waals surface area contributed by atoms with E-state index in [-0.39, 0.29) is 48.5 Å². The van der Waals surface area contributed by atoms with Gasteiger partial charge in [0, 0.05) is 18.6 Å². The Hall–Kier alpha value is -0.0700. The van der Waals surface area contributed by atoms with E-state index in [0.717, 1.165) is 32.2 Å². The molecule has 126 valence electrons. The summed E-state index contributed by atoms with van der Waals surface area (Å²) in [6.07, 6.45) is 6.29. The van der Waals surface area contributed by atoms with Crippen molar-refractivity contribution in [3.63, 3.8) is 0 Å². The van der Waals surface area contributed by atoms with Gasteiger partial charge in [-0.15, -0.1) is 24.8 Å². The van der Waals surface area contributed by atoms with E-state index >= 15 is 0 Å². The van der Waals surface area contributed by atoms with E-state index < -0.39 is 0 Å². The number of hydrogen-bond donors (Lipinski definition) is 2. The van der Waals surface area contributed by atoms with Gasteiger partial charge in [0.2, 0.25) is 5.91 Å². The molecule has 1 amide bonds. The fourth-order valence-electron chi connectivity index (χ4n) is 3.25. The fraction of sp³-hybridized carbons (Fsp3) is 0.929. The molecule has 2 rings (SSSR count). The lowest BCUT2D eigenvalue weighted by atomic mass is 9.96. The van der Waals surface area contributed by atoms with Crippen LogP contribution in [-0.2, 0) is 9.53 Å². The molecule has 5 nitrogen and oxygen atoms in total. The first-order valence-corrected chi connectivity index (χ1v) is 7.38. The molecule has 1 heterocycles. The number of ether oxygens (including phenoxy) is 1. The van der Waals surface area contributed by atoms with Crippen molar-refractivity contribution >= 4 is 30.7 Å². The number of nitrogens with zero attached hydrogens (tertiary/aromatic N) is 1. The monoisotopic (exact) mass is 341 g/mol. The minimum absolute atomic E-state index is 0. The van der Waals surface area contributed by atoms with E-state index in [0.29, 0.717) is 6.54 Å². The predicted molar refractivity (Wildman–Crippen MR) is 89.3 cm³/mol. The molecular formula is C14H29Cl2N3O2. The van der Waals surface area contributed by atoms with Gasteiger partial charge in [0.1, 0.15) is 6.10 Å². The van der Waals surface area contributed by atoms with Crippen LogP contribution >= 0.6 is 24.8 Å². The Morgan fingerprint density at radius 3 is 2.38 bits per heavy atom. The molecule has 21 heavy (non-hydrogen) atoms. The molecule has 0 aromatic carbocycles. The summed E-state index contributed by atoms with van der Waals surface area (Å²) < 4.78 is 5.63. The maximum Gasteiger partial charge on any atom is 0.249 e. The van der Waals surface area contributed by atoms with Gasteiger partial charge in [-0.3, -0.25) is 4.79 Å². The highest BCUT2D eigenvalue weighted by Crippen LogP contribution is 2.33. The average molecular weight is 342 g/mol. The Kier molecular flexibility index (Phi) is 9.12. The van der Waals surface area contributed by atoms with E-state index in [4.69, 9.17) is 10.5 Å². The minimum atomic E-state index is -0.297. The van der Waals surface area contributed by atoms with E-state index in [1.807, 2.05) is 0 Å². The molecule has 2 atom stereocenters. The molecule has 3 N–H and O–H groups in total. The summed E-state index contributed by atoms with van der Waals surface area (Å²) in [5.74, 6) is 0.0316. The zero-order valence-electron chi connectivity index (χ0n) is 13.0. The second-order valence-corrected chi connectivity index (χ2v) is 6.10. The lowest BCUT2D eigenvalue weighted by Crippen LogP contribution is -2.52. The Morgan fingerprint density at radius 2 is 1.90 bits per heavy atom. The Bertz CT molecular complexity index is 323. The molecule has 2 fully saturated rings. The summed E-state index contributed by atoms with van der Waals surface area (Å²) in [7, 11) is 4.21. The molecule has 1 aliphatic carbocycles. The second-order valence-electron chi connectivity index (χ2n) is 6.10. The van der Waals surface area contributed by atoms with E-state index in [1.165, 1.54) is 12.8 Å². The van der Waals surface area contributed by atoms with Gasteiger partial charge in [0.25, 0.3) is 0 Å². The van der Waals surface area contributed by atoms with Crippen molar-refractivity contribution in [1.29, 1.82) is 0 Å². The van der Waals surface area contributed by atoms with Gasteiger partial charge in [-0.05, 0) is 39.8 Å². The third-order valence-corrected chi connectivity index (χ3v) is 4.74. The van der Waals surface area contributed by atoms with Gasteiger partial charge in [0.05, 0.1) is 6.10 Å². The number of halogens is 2. The zero-order chi connectivity index (χ0) is 13.9. The molecule has 1 saturated heterocycles. The summed E-state index contributed by atoms with van der Waals surface area (Å²) in [5, 5.41) is 3.09. The molecular weight excluding hydrogens is 313 g/mol. The van der Waals surface area contributed by atoms with Crippen molar-refractivity contribution in [3.05, 3.63) is 0 Å². The van der Waals surface area contributed by atoms with Crippen molar-refractivity contribution in [2.75, 3.05) is 27.2 Å². The van der Waals surface area contributed by atoms with Gasteiger partial charge in [-0.25, -0.2) is 0 Å². The zero-order valence-corrected chi connectivity index (χ0v) is 14.6. The normalized spacial score (nSPS) is 27.0. The average Bonchev–Trinajstić information content (AvgIpc) is 3.05. The predicted octanol–water partition coefficient (Wildman–Crippen LogP) is 1.33. The molecule has 0 spiro atoms. The molecule has 7 heteroatoms. The Balaban J connectivity index is 0.00000200. The molecule has 2 aliphatic rings. The van der Waals surface area contributed by atoms with Gasteiger partial charge in [-0.1, -0.05) is 12.8 Å². The van der Waals surface area contributed by atoms with Gasteiger partial charge in [0.15, 0.2) is 0 Å². The highest BCUT2D eigenvalue weighted by atomic mass is 35.5. The topological polar surface area (TPSA) is 67.6 Å². The van der Waals surface area contributed by atoms with Crippen LogP contribution in [0.5, 0.6) is 0 Å². The van der Waals surface area contributed by atoms with Crippen molar-refractivity contribution in [3.8, 4) is 0 Å². The summed E-state index contributed by atoms with van der Waals surface area (Å²) >= 11 is 0. The summed E-state index contributed by atoms with van der Waals surface area (Å²) in [4.78, 5) is 14.4. The lowest BCUT2D eigenvalue weighted by Gasteiger charge is -2.36. The van der Waals surface area contributed by atoms with Crippen molar-refractivity contribution in [1.82, 2.24) is 10.2 Å². The first-order valence-electron chi connectivity index (χ1n) is 7.38. The number of nitrogens with one attached hydrogen (secondary N) is 1. The van der Waals surface area contributed by atoms with E-state index in [9.17, 15) is 4.79 Å². The Morgan fingerprint density at radius 1 is 1.29 bits per heavy atom. The van der Waals surface area contributed by atoms with Crippen LogP contribution < -0.4 is 11.1 Å². The SMILES string of the molecule is CN(C)C1(CNC(=O)[C@@H]2CC[C@H](CN)O2)CCCC1.Cl.Cl. The first kappa shape index (κ1) is 20.9. The van der Waals surface area contributed by atoms with Crippen LogP contribution in [0.4, 0.5) is 0 Å². The third-order valence-electron chi connectivity index (χ3n) is 4.74. The van der Waals surface area contributed by atoms with Crippen LogP contribution in [0, 0.1) is 0 Å². The molecule has 0 aromatic heterocycles. The van der Waals surface area contributed by atoms with Crippen molar-refractivity contribution in [2.24, 2.45) is 5.73 Å². The minimum Gasteiger partial charge on any atom is -0.364 e. The van der Waals surface area contributed by atoms with Crippen molar-refractivity contribution in [2.45, 2.75) is 56.3 Å². The summed E-state index contributed by atoms with van der Waals surface area (Å²) in [5.41, 5.74) is 5.71. The highest BCUT2D eigenvalue weighted by molar-refractivity contribution is 5.85. The highest BCUT2D eigenvalue weighted by Gasteiger charge is 2.37. The number of carbonyl (C=O) groups is 1. The molecule has 1 saturated carbocycles. The van der Waals surface area contributed by atoms with Crippen LogP contribution in [0.15, 0.2) is 0 Å². The standard InChI is InChI=1S/C14H27N3O2.2ClH/c1-17(2)14(7-3-4-8-14)10-16-13(18)12-6-5-11(9-15)19-12;;/h11-12H,3-10,15H2,1-2H3,(H,16,18);2*1H/t11-,12+;;/m1../s1. The van der Waals surface area contributed by atoms with E-state index in [1.54, 1.807) is 0 Å². The number of amides is 1. The quantitative estimate of drug-likeness (QED) is 0.791. The Labute approximate surface area is 140 Å². The number of likely N-dealkylation sites (N-methyl/N-ethyl adjacent to an activating group) is 1. The number of carbonyl (C=O) groups excluding carboxylic acids is 1. The van der Waals surface area contributed by atoms with Gasteiger partial charge in [-0.2, -0.15) is 0 Å². The smallest absolute Gasteiger partial charge is 0.249 e.